The quantitative estimate of drug-likeness (QED) is 0.539. The first kappa shape index (κ1) is 18.2. The van der Waals surface area contributed by atoms with Gasteiger partial charge in [-0.25, -0.2) is 4.39 Å². The first-order valence-electron chi connectivity index (χ1n) is 8.83. The Morgan fingerprint density at radius 2 is 2.14 bits per heavy atom. The summed E-state index contributed by atoms with van der Waals surface area (Å²) in [5.41, 5.74) is 3.44. The number of carbonyl (C=O) groups excluding carboxylic acids is 1. The number of carbonyl (C=O) groups is 1. The lowest BCUT2D eigenvalue weighted by molar-refractivity contribution is 0.0950. The third kappa shape index (κ3) is 3.50. The molecule has 1 amide bonds. The van der Waals surface area contributed by atoms with E-state index < -0.39 is 6.67 Å². The van der Waals surface area contributed by atoms with Crippen LogP contribution in [0.4, 0.5) is 4.39 Å². The van der Waals surface area contributed by atoms with Gasteiger partial charge in [-0.05, 0) is 36.8 Å². The maximum absolute atomic E-state index is 13.2. The van der Waals surface area contributed by atoms with Crippen LogP contribution in [-0.2, 0) is 13.1 Å². The molecule has 0 spiro atoms. The van der Waals surface area contributed by atoms with Crippen molar-refractivity contribution in [3.8, 4) is 10.7 Å². The Morgan fingerprint density at radius 1 is 1.25 bits per heavy atom. The lowest BCUT2D eigenvalue weighted by Crippen LogP contribution is -2.22. The molecule has 0 aliphatic carbocycles. The Hall–Kier alpha value is -3.13. The highest BCUT2D eigenvalue weighted by Gasteiger charge is 2.16. The summed E-state index contributed by atoms with van der Waals surface area (Å²) in [5, 5.41) is 13.7. The van der Waals surface area contributed by atoms with Crippen LogP contribution in [0.15, 0.2) is 48.8 Å². The fourth-order valence-electron chi connectivity index (χ4n) is 3.12. The zero-order valence-corrected chi connectivity index (χ0v) is 16.0. The van der Waals surface area contributed by atoms with Crippen molar-refractivity contribution < 1.29 is 9.18 Å². The van der Waals surface area contributed by atoms with Crippen LogP contribution in [-0.4, -0.2) is 32.3 Å². The van der Waals surface area contributed by atoms with Crippen molar-refractivity contribution >= 4 is 28.1 Å². The van der Waals surface area contributed by atoms with Crippen molar-refractivity contribution in [1.82, 2.24) is 25.1 Å². The van der Waals surface area contributed by atoms with Gasteiger partial charge >= 0.3 is 0 Å². The van der Waals surface area contributed by atoms with Crippen LogP contribution in [0.1, 0.15) is 20.9 Å². The number of fused-ring (bicyclic) bond motifs is 1. The summed E-state index contributed by atoms with van der Waals surface area (Å²) in [7, 11) is 0. The van der Waals surface area contributed by atoms with Crippen LogP contribution in [0, 0.1) is 6.92 Å². The number of pyridine rings is 1. The maximum Gasteiger partial charge on any atom is 0.253 e. The SMILES string of the molecule is Cc1cccc2c1cc(-c1nnc(CNC(=O)c3cccnc3)s1)n2CCF. The van der Waals surface area contributed by atoms with Crippen molar-refractivity contribution in [3.05, 3.63) is 64.9 Å². The number of hydrogen-bond acceptors (Lipinski definition) is 5. The number of nitrogens with zero attached hydrogens (tertiary/aromatic N) is 4. The van der Waals surface area contributed by atoms with E-state index in [1.807, 2.05) is 35.8 Å². The number of aryl methyl sites for hydroxylation is 2. The Bertz CT molecular complexity index is 1120. The van der Waals surface area contributed by atoms with Crippen molar-refractivity contribution in [1.29, 1.82) is 0 Å². The predicted molar refractivity (Wildman–Crippen MR) is 107 cm³/mol. The smallest absolute Gasteiger partial charge is 0.253 e. The third-order valence-corrected chi connectivity index (χ3v) is 5.43. The van der Waals surface area contributed by atoms with E-state index in [1.165, 1.54) is 17.5 Å². The number of alkyl halides is 1. The second-order valence-electron chi connectivity index (χ2n) is 6.30. The molecular formula is C20H18FN5OS. The number of aromatic nitrogens is 4. The van der Waals surface area contributed by atoms with E-state index in [0.29, 0.717) is 15.6 Å². The standard InChI is InChI=1S/C20H18FN5OS/c1-13-4-2-6-16-15(13)10-17(26(16)9-7-21)20-25-24-18(28-20)12-23-19(27)14-5-3-8-22-11-14/h2-6,8,10-11H,7,9,12H2,1H3,(H,23,27). The Kier molecular flexibility index (Phi) is 5.12. The molecule has 1 N–H and O–H groups in total. The minimum Gasteiger partial charge on any atom is -0.345 e. The summed E-state index contributed by atoms with van der Waals surface area (Å²) in [6.07, 6.45) is 3.13. The Balaban J connectivity index is 1.58. The molecule has 8 heteroatoms. The molecular weight excluding hydrogens is 377 g/mol. The number of amides is 1. The minimum absolute atomic E-state index is 0.216. The molecule has 28 heavy (non-hydrogen) atoms. The fraction of sp³-hybridized carbons (Fsp3) is 0.200. The average molecular weight is 395 g/mol. The van der Waals surface area contributed by atoms with Gasteiger partial charge < -0.3 is 9.88 Å². The van der Waals surface area contributed by atoms with Gasteiger partial charge in [0, 0.05) is 23.3 Å². The van der Waals surface area contributed by atoms with E-state index in [4.69, 9.17) is 0 Å². The molecule has 0 aliphatic rings. The van der Waals surface area contributed by atoms with Crippen LogP contribution < -0.4 is 5.32 Å². The molecule has 1 aromatic carbocycles. The van der Waals surface area contributed by atoms with Gasteiger partial charge in [-0.1, -0.05) is 23.5 Å². The highest BCUT2D eigenvalue weighted by molar-refractivity contribution is 7.14. The first-order valence-corrected chi connectivity index (χ1v) is 9.65. The second-order valence-corrected chi connectivity index (χ2v) is 7.37. The van der Waals surface area contributed by atoms with Crippen LogP contribution in [0.5, 0.6) is 0 Å². The maximum atomic E-state index is 13.2. The zero-order valence-electron chi connectivity index (χ0n) is 15.2. The highest BCUT2D eigenvalue weighted by Crippen LogP contribution is 2.31. The highest BCUT2D eigenvalue weighted by atomic mass is 32.1. The molecule has 0 aliphatic heterocycles. The molecule has 6 nitrogen and oxygen atoms in total. The molecule has 3 aromatic heterocycles. The predicted octanol–water partition coefficient (Wildman–Crippen LogP) is 3.76. The van der Waals surface area contributed by atoms with Crippen LogP contribution in [0.25, 0.3) is 21.6 Å². The lowest BCUT2D eigenvalue weighted by Gasteiger charge is -2.06. The summed E-state index contributed by atoms with van der Waals surface area (Å²) >= 11 is 1.39. The largest absolute Gasteiger partial charge is 0.345 e. The molecule has 3 heterocycles. The summed E-state index contributed by atoms with van der Waals surface area (Å²) in [6.45, 7) is 2.10. The van der Waals surface area contributed by atoms with Crippen LogP contribution in [0.3, 0.4) is 0 Å². The molecule has 0 atom stereocenters. The zero-order chi connectivity index (χ0) is 19.5. The monoisotopic (exact) mass is 395 g/mol. The van der Waals surface area contributed by atoms with E-state index in [9.17, 15) is 9.18 Å². The molecule has 0 bridgehead atoms. The van der Waals surface area contributed by atoms with Crippen LogP contribution in [0.2, 0.25) is 0 Å². The van der Waals surface area contributed by atoms with E-state index in [1.54, 1.807) is 18.3 Å². The van der Waals surface area contributed by atoms with Gasteiger partial charge in [0.25, 0.3) is 5.91 Å². The number of nitrogens with one attached hydrogen (secondary N) is 1. The molecule has 4 rings (SSSR count). The lowest BCUT2D eigenvalue weighted by atomic mass is 10.1. The molecule has 0 saturated heterocycles. The van der Waals surface area contributed by atoms with E-state index in [2.05, 4.69) is 20.5 Å². The summed E-state index contributed by atoms with van der Waals surface area (Å²) < 4.78 is 15.1. The van der Waals surface area contributed by atoms with E-state index in [-0.39, 0.29) is 19.0 Å². The van der Waals surface area contributed by atoms with Gasteiger partial charge in [0.1, 0.15) is 11.7 Å². The van der Waals surface area contributed by atoms with Crippen molar-refractivity contribution in [2.75, 3.05) is 6.67 Å². The summed E-state index contributed by atoms with van der Waals surface area (Å²) in [5.74, 6) is -0.216. The van der Waals surface area contributed by atoms with Crippen molar-refractivity contribution in [2.45, 2.75) is 20.0 Å². The Labute approximate surface area is 165 Å². The first-order chi connectivity index (χ1) is 13.7. The minimum atomic E-state index is -0.461. The van der Waals surface area contributed by atoms with Gasteiger partial charge in [0.05, 0.1) is 24.3 Å². The van der Waals surface area contributed by atoms with Gasteiger partial charge in [-0.2, -0.15) is 0 Å². The average Bonchev–Trinajstić information content (AvgIpc) is 3.33. The van der Waals surface area contributed by atoms with Crippen molar-refractivity contribution in [3.63, 3.8) is 0 Å². The van der Waals surface area contributed by atoms with E-state index in [0.717, 1.165) is 22.2 Å². The number of rotatable bonds is 6. The normalized spacial score (nSPS) is 11.1. The van der Waals surface area contributed by atoms with Gasteiger partial charge in [-0.3, -0.25) is 9.78 Å². The number of halogens is 1. The molecule has 0 unspecified atom stereocenters. The summed E-state index contributed by atoms with van der Waals surface area (Å²) in [4.78, 5) is 16.1. The molecule has 4 aromatic rings. The van der Waals surface area contributed by atoms with Gasteiger partial charge in [-0.15, -0.1) is 10.2 Å². The number of benzene rings is 1. The third-order valence-electron chi connectivity index (χ3n) is 4.48. The Morgan fingerprint density at radius 3 is 2.93 bits per heavy atom. The molecule has 0 radical (unpaired) electrons. The van der Waals surface area contributed by atoms with Gasteiger partial charge in [0.15, 0.2) is 5.01 Å². The second kappa shape index (κ2) is 7.85. The topological polar surface area (TPSA) is 72.7 Å². The van der Waals surface area contributed by atoms with Crippen molar-refractivity contribution in [2.24, 2.45) is 0 Å². The summed E-state index contributed by atoms with van der Waals surface area (Å²) in [6, 6.07) is 11.4. The molecule has 142 valence electrons. The molecule has 0 saturated carbocycles. The van der Waals surface area contributed by atoms with Gasteiger partial charge in [0.2, 0.25) is 0 Å². The van der Waals surface area contributed by atoms with Crippen LogP contribution >= 0.6 is 11.3 Å². The molecule has 0 fully saturated rings. The number of hydrogen-bond donors (Lipinski definition) is 1. The van der Waals surface area contributed by atoms with E-state index >= 15 is 0 Å². The fourth-order valence-corrected chi connectivity index (χ4v) is 3.92.